The quantitative estimate of drug-likeness (QED) is 0.411. The number of thiophene rings is 1. The summed E-state index contributed by atoms with van der Waals surface area (Å²) in [5, 5.41) is 4.96. The molecule has 8 nitrogen and oxygen atoms in total. The molecule has 32 heavy (non-hydrogen) atoms. The minimum absolute atomic E-state index is 0.0456. The number of ether oxygens (including phenoxy) is 2. The van der Waals surface area contributed by atoms with Gasteiger partial charge in [-0.2, -0.15) is 0 Å². The number of rotatable bonds is 8. The monoisotopic (exact) mass is 449 g/mol. The Bertz CT molecular complexity index is 1280. The Balaban J connectivity index is 1.22. The van der Waals surface area contributed by atoms with Crippen LogP contribution in [0.25, 0.3) is 10.2 Å². The van der Waals surface area contributed by atoms with Crippen LogP contribution >= 0.6 is 11.3 Å². The van der Waals surface area contributed by atoms with Gasteiger partial charge in [0, 0.05) is 12.2 Å². The second-order valence-corrected chi connectivity index (χ2v) is 7.68. The van der Waals surface area contributed by atoms with Crippen molar-refractivity contribution < 1.29 is 19.1 Å². The van der Waals surface area contributed by atoms with E-state index in [0.29, 0.717) is 27.4 Å². The van der Waals surface area contributed by atoms with E-state index in [-0.39, 0.29) is 18.5 Å². The molecule has 0 radical (unpaired) electrons. The Morgan fingerprint density at radius 1 is 1.00 bits per heavy atom. The van der Waals surface area contributed by atoms with Crippen LogP contribution in [-0.4, -0.2) is 28.0 Å². The van der Waals surface area contributed by atoms with Gasteiger partial charge >= 0.3 is 5.97 Å². The predicted octanol–water partition coefficient (Wildman–Crippen LogP) is 3.82. The number of fused-ring (bicyclic) bond motifs is 1. The molecule has 9 heteroatoms. The summed E-state index contributed by atoms with van der Waals surface area (Å²) in [4.78, 5) is 41.2. The van der Waals surface area contributed by atoms with E-state index in [9.17, 15) is 14.4 Å². The molecule has 0 aliphatic carbocycles. The van der Waals surface area contributed by atoms with Crippen molar-refractivity contribution in [2.24, 2.45) is 0 Å². The molecule has 0 unspecified atom stereocenters. The molecule has 0 spiro atoms. The lowest BCUT2D eigenvalue weighted by Gasteiger charge is -2.09. The van der Waals surface area contributed by atoms with Crippen molar-refractivity contribution in [2.45, 2.75) is 13.0 Å². The lowest BCUT2D eigenvalue weighted by atomic mass is 10.3. The third-order valence-electron chi connectivity index (χ3n) is 4.49. The second-order valence-electron chi connectivity index (χ2n) is 6.78. The van der Waals surface area contributed by atoms with E-state index < -0.39 is 18.5 Å². The first-order valence-electron chi connectivity index (χ1n) is 9.79. The van der Waals surface area contributed by atoms with Crippen molar-refractivity contribution in [3.63, 3.8) is 0 Å². The average molecular weight is 449 g/mol. The Morgan fingerprint density at radius 2 is 1.75 bits per heavy atom. The summed E-state index contributed by atoms with van der Waals surface area (Å²) >= 11 is 1.38. The smallest absolute Gasteiger partial charge is 0.308 e. The number of esters is 1. The number of para-hydroxylation sites is 1. The zero-order chi connectivity index (χ0) is 22.3. The normalized spacial score (nSPS) is 10.6. The van der Waals surface area contributed by atoms with Gasteiger partial charge in [0.25, 0.3) is 11.5 Å². The van der Waals surface area contributed by atoms with Gasteiger partial charge in [0.05, 0.1) is 18.1 Å². The number of carbonyl (C=O) groups is 2. The minimum atomic E-state index is -0.580. The Kier molecular flexibility index (Phi) is 6.57. The van der Waals surface area contributed by atoms with Gasteiger partial charge in [-0.3, -0.25) is 19.0 Å². The molecule has 2 heterocycles. The lowest BCUT2D eigenvalue weighted by molar-refractivity contribution is -0.147. The molecule has 0 aliphatic heterocycles. The van der Waals surface area contributed by atoms with Crippen LogP contribution in [0.5, 0.6) is 11.5 Å². The number of aryl methyl sites for hydroxylation is 1. The number of nitrogens with zero attached hydrogens (tertiary/aromatic N) is 2. The number of benzene rings is 2. The van der Waals surface area contributed by atoms with E-state index in [4.69, 9.17) is 9.47 Å². The van der Waals surface area contributed by atoms with Crippen LogP contribution in [0.15, 0.2) is 77.2 Å². The number of anilines is 1. The highest BCUT2D eigenvalue weighted by molar-refractivity contribution is 7.16. The SMILES string of the molecule is O=C(COC(=O)CCn1cnc2sccc2c1=O)Nc1ccc(Oc2ccccc2)cc1. The number of nitrogens with one attached hydrogen (secondary N) is 1. The maximum absolute atomic E-state index is 12.3. The van der Waals surface area contributed by atoms with E-state index in [2.05, 4.69) is 10.3 Å². The van der Waals surface area contributed by atoms with E-state index in [0.717, 1.165) is 0 Å². The van der Waals surface area contributed by atoms with Crippen LogP contribution in [0.2, 0.25) is 0 Å². The molecular formula is C23H19N3O5S. The van der Waals surface area contributed by atoms with Crippen molar-refractivity contribution in [3.8, 4) is 11.5 Å². The van der Waals surface area contributed by atoms with Crippen molar-refractivity contribution in [3.05, 3.63) is 82.7 Å². The highest BCUT2D eigenvalue weighted by atomic mass is 32.1. The molecule has 0 atom stereocenters. The van der Waals surface area contributed by atoms with E-state index in [1.807, 2.05) is 30.3 Å². The summed E-state index contributed by atoms with van der Waals surface area (Å²) in [6.45, 7) is -0.293. The first kappa shape index (κ1) is 21.3. The van der Waals surface area contributed by atoms with E-state index in [1.54, 1.807) is 35.7 Å². The van der Waals surface area contributed by atoms with Gasteiger partial charge in [0.1, 0.15) is 16.3 Å². The summed E-state index contributed by atoms with van der Waals surface area (Å²) in [5.41, 5.74) is 0.342. The highest BCUT2D eigenvalue weighted by Crippen LogP contribution is 2.22. The number of aromatic nitrogens is 2. The average Bonchev–Trinajstić information content (AvgIpc) is 3.29. The first-order chi connectivity index (χ1) is 15.6. The fourth-order valence-electron chi connectivity index (χ4n) is 2.91. The van der Waals surface area contributed by atoms with Gasteiger partial charge in [0.2, 0.25) is 0 Å². The molecule has 1 amide bonds. The Labute approximate surface area is 187 Å². The van der Waals surface area contributed by atoms with Crippen LogP contribution in [0.4, 0.5) is 5.69 Å². The van der Waals surface area contributed by atoms with Crippen molar-refractivity contribution in [2.75, 3.05) is 11.9 Å². The van der Waals surface area contributed by atoms with Gasteiger partial charge in [-0.15, -0.1) is 11.3 Å². The minimum Gasteiger partial charge on any atom is -0.457 e. The zero-order valence-electron chi connectivity index (χ0n) is 16.9. The lowest BCUT2D eigenvalue weighted by Crippen LogP contribution is -2.24. The second kappa shape index (κ2) is 9.88. The summed E-state index contributed by atoms with van der Waals surface area (Å²) in [7, 11) is 0. The Hall–Kier alpha value is -3.98. The maximum Gasteiger partial charge on any atom is 0.308 e. The van der Waals surface area contributed by atoms with Gasteiger partial charge < -0.3 is 14.8 Å². The Morgan fingerprint density at radius 3 is 2.53 bits per heavy atom. The molecular weight excluding hydrogens is 430 g/mol. The molecule has 4 rings (SSSR count). The number of hydrogen-bond donors (Lipinski definition) is 1. The topological polar surface area (TPSA) is 99.5 Å². The zero-order valence-corrected chi connectivity index (χ0v) is 17.7. The van der Waals surface area contributed by atoms with Gasteiger partial charge in [-0.1, -0.05) is 18.2 Å². The molecule has 2 aromatic heterocycles. The largest absolute Gasteiger partial charge is 0.457 e. The predicted molar refractivity (Wildman–Crippen MR) is 121 cm³/mol. The van der Waals surface area contributed by atoms with E-state index in [1.165, 1.54) is 22.2 Å². The highest BCUT2D eigenvalue weighted by Gasteiger charge is 2.11. The van der Waals surface area contributed by atoms with Gasteiger partial charge in [-0.25, -0.2) is 4.98 Å². The van der Waals surface area contributed by atoms with Crippen molar-refractivity contribution in [1.82, 2.24) is 9.55 Å². The molecule has 4 aromatic rings. The number of amides is 1. The summed E-state index contributed by atoms with van der Waals surface area (Å²) in [5.74, 6) is 0.299. The molecule has 0 saturated carbocycles. The van der Waals surface area contributed by atoms with Crippen molar-refractivity contribution >= 4 is 39.1 Å². The molecule has 0 fully saturated rings. The molecule has 2 aromatic carbocycles. The maximum atomic E-state index is 12.3. The van der Waals surface area contributed by atoms with Crippen LogP contribution in [0, 0.1) is 0 Å². The molecule has 0 bridgehead atoms. The third kappa shape index (κ3) is 5.38. The number of hydrogen-bond acceptors (Lipinski definition) is 7. The van der Waals surface area contributed by atoms with Crippen LogP contribution in [-0.2, 0) is 20.9 Å². The van der Waals surface area contributed by atoms with Gasteiger partial charge in [0.15, 0.2) is 6.61 Å². The summed E-state index contributed by atoms with van der Waals surface area (Å²) in [6.07, 6.45) is 1.36. The van der Waals surface area contributed by atoms with Crippen LogP contribution in [0.3, 0.4) is 0 Å². The van der Waals surface area contributed by atoms with Crippen LogP contribution < -0.4 is 15.6 Å². The fraction of sp³-hybridized carbons (Fsp3) is 0.130. The van der Waals surface area contributed by atoms with Crippen LogP contribution in [0.1, 0.15) is 6.42 Å². The summed E-state index contributed by atoms with van der Waals surface area (Å²) in [6, 6.07) is 17.9. The standard InChI is InChI=1S/C23H19N3O5S/c27-20(25-16-6-8-18(9-7-16)31-17-4-2-1-3-5-17)14-30-21(28)10-12-26-15-24-22-19(23(26)29)11-13-32-22/h1-9,11,13,15H,10,12,14H2,(H,25,27). The molecule has 0 aliphatic rings. The molecule has 1 N–H and O–H groups in total. The number of carbonyl (C=O) groups excluding carboxylic acids is 2. The molecule has 162 valence electrons. The van der Waals surface area contributed by atoms with Crippen molar-refractivity contribution in [1.29, 1.82) is 0 Å². The third-order valence-corrected chi connectivity index (χ3v) is 5.31. The fourth-order valence-corrected chi connectivity index (χ4v) is 3.63. The van der Waals surface area contributed by atoms with Gasteiger partial charge in [-0.05, 0) is 47.8 Å². The molecule has 0 saturated heterocycles. The first-order valence-corrected chi connectivity index (χ1v) is 10.7. The summed E-state index contributed by atoms with van der Waals surface area (Å²) < 4.78 is 12.1. The van der Waals surface area contributed by atoms with E-state index >= 15 is 0 Å².